The number of nitrogens with zero attached hydrogens (tertiary/aromatic N) is 2. The standard InChI is InChI=1S/C12H14Cl2N2O/c1-8(17)16-4-2-9(3-5-16)10-6-11(13)15-12(14)7-10/h6-7,9H,2-5H2,1H3. The van der Waals surface area contributed by atoms with Crippen LogP contribution < -0.4 is 0 Å². The summed E-state index contributed by atoms with van der Waals surface area (Å²) in [5.74, 6) is 0.567. The van der Waals surface area contributed by atoms with Gasteiger partial charge in [0.25, 0.3) is 0 Å². The maximum atomic E-state index is 11.2. The van der Waals surface area contributed by atoms with Crippen LogP contribution in [0, 0.1) is 0 Å². The molecule has 1 amide bonds. The minimum atomic E-state index is 0.147. The minimum absolute atomic E-state index is 0.147. The van der Waals surface area contributed by atoms with Crippen molar-refractivity contribution in [3.63, 3.8) is 0 Å². The highest BCUT2D eigenvalue weighted by atomic mass is 35.5. The monoisotopic (exact) mass is 272 g/mol. The Hall–Kier alpha value is -0.800. The van der Waals surface area contributed by atoms with Crippen LogP contribution in [-0.2, 0) is 4.79 Å². The van der Waals surface area contributed by atoms with Crippen molar-refractivity contribution < 1.29 is 4.79 Å². The molecule has 0 aliphatic carbocycles. The molecule has 17 heavy (non-hydrogen) atoms. The van der Waals surface area contributed by atoms with E-state index >= 15 is 0 Å². The lowest BCUT2D eigenvalue weighted by Crippen LogP contribution is -2.36. The summed E-state index contributed by atoms with van der Waals surface area (Å²) < 4.78 is 0. The number of piperidine rings is 1. The molecule has 0 spiro atoms. The molecule has 5 heteroatoms. The molecule has 2 rings (SSSR count). The highest BCUT2D eigenvalue weighted by molar-refractivity contribution is 6.32. The lowest BCUT2D eigenvalue weighted by molar-refractivity contribution is -0.129. The Morgan fingerprint density at radius 1 is 1.29 bits per heavy atom. The van der Waals surface area contributed by atoms with Gasteiger partial charge < -0.3 is 4.90 Å². The van der Waals surface area contributed by atoms with Crippen molar-refractivity contribution in [1.29, 1.82) is 0 Å². The molecule has 1 saturated heterocycles. The van der Waals surface area contributed by atoms with Crippen molar-refractivity contribution in [3.8, 4) is 0 Å². The van der Waals surface area contributed by atoms with Gasteiger partial charge in [0, 0.05) is 20.0 Å². The Labute approximate surface area is 111 Å². The van der Waals surface area contributed by atoms with E-state index in [1.807, 2.05) is 17.0 Å². The third-order valence-corrected chi connectivity index (χ3v) is 3.58. The number of hydrogen-bond donors (Lipinski definition) is 0. The lowest BCUT2D eigenvalue weighted by Gasteiger charge is -2.31. The van der Waals surface area contributed by atoms with Gasteiger partial charge in [-0.3, -0.25) is 4.79 Å². The first-order valence-electron chi connectivity index (χ1n) is 5.65. The number of carbonyl (C=O) groups excluding carboxylic acids is 1. The smallest absolute Gasteiger partial charge is 0.219 e. The molecule has 92 valence electrons. The first-order chi connectivity index (χ1) is 8.06. The molecule has 0 atom stereocenters. The van der Waals surface area contributed by atoms with E-state index in [0.29, 0.717) is 16.2 Å². The Balaban J connectivity index is 2.07. The van der Waals surface area contributed by atoms with Gasteiger partial charge in [0.1, 0.15) is 10.3 Å². The van der Waals surface area contributed by atoms with Crippen LogP contribution in [0.4, 0.5) is 0 Å². The van der Waals surface area contributed by atoms with Crippen LogP contribution in [0.1, 0.15) is 31.2 Å². The van der Waals surface area contributed by atoms with E-state index in [1.165, 1.54) is 0 Å². The van der Waals surface area contributed by atoms with Gasteiger partial charge in [-0.15, -0.1) is 0 Å². The zero-order chi connectivity index (χ0) is 12.4. The molecule has 3 nitrogen and oxygen atoms in total. The minimum Gasteiger partial charge on any atom is -0.343 e. The Bertz CT molecular complexity index is 408. The molecular formula is C12H14Cl2N2O. The lowest BCUT2D eigenvalue weighted by atomic mass is 9.90. The number of carbonyl (C=O) groups is 1. The summed E-state index contributed by atoms with van der Waals surface area (Å²) in [6.07, 6.45) is 1.91. The van der Waals surface area contributed by atoms with Crippen molar-refractivity contribution in [2.45, 2.75) is 25.7 Å². The predicted octanol–water partition coefficient (Wildman–Crippen LogP) is 3.11. The number of hydrogen-bond acceptors (Lipinski definition) is 2. The summed E-state index contributed by atoms with van der Waals surface area (Å²) in [6.45, 7) is 3.22. The summed E-state index contributed by atoms with van der Waals surface area (Å²) in [6, 6.07) is 3.73. The largest absolute Gasteiger partial charge is 0.343 e. The van der Waals surface area contributed by atoms with Crippen LogP contribution in [0.5, 0.6) is 0 Å². The van der Waals surface area contributed by atoms with E-state index in [4.69, 9.17) is 23.2 Å². The van der Waals surface area contributed by atoms with Crippen molar-refractivity contribution in [2.75, 3.05) is 13.1 Å². The summed E-state index contributed by atoms with van der Waals surface area (Å²) in [4.78, 5) is 17.0. The number of amides is 1. The fraction of sp³-hybridized carbons (Fsp3) is 0.500. The second-order valence-electron chi connectivity index (χ2n) is 4.33. The molecule has 0 saturated carbocycles. The van der Waals surface area contributed by atoms with Crippen molar-refractivity contribution >= 4 is 29.1 Å². The van der Waals surface area contributed by atoms with Gasteiger partial charge >= 0.3 is 0 Å². The molecule has 0 aromatic carbocycles. The molecule has 0 unspecified atom stereocenters. The number of halogens is 2. The molecular weight excluding hydrogens is 259 g/mol. The van der Waals surface area contributed by atoms with Crippen LogP contribution in [0.2, 0.25) is 10.3 Å². The van der Waals surface area contributed by atoms with Gasteiger partial charge in [-0.25, -0.2) is 4.98 Å². The van der Waals surface area contributed by atoms with Crippen LogP contribution >= 0.6 is 23.2 Å². The van der Waals surface area contributed by atoms with Crippen molar-refractivity contribution in [3.05, 3.63) is 28.0 Å². The predicted molar refractivity (Wildman–Crippen MR) is 68.5 cm³/mol. The zero-order valence-electron chi connectivity index (χ0n) is 9.62. The second-order valence-corrected chi connectivity index (χ2v) is 5.10. The number of pyridine rings is 1. The van der Waals surface area contributed by atoms with Crippen molar-refractivity contribution in [2.24, 2.45) is 0 Å². The zero-order valence-corrected chi connectivity index (χ0v) is 11.1. The van der Waals surface area contributed by atoms with Crippen LogP contribution in [-0.4, -0.2) is 28.9 Å². The third-order valence-electron chi connectivity index (χ3n) is 3.20. The fourth-order valence-electron chi connectivity index (χ4n) is 2.25. The maximum absolute atomic E-state index is 11.2. The molecule has 1 aromatic heterocycles. The van der Waals surface area contributed by atoms with E-state index < -0.39 is 0 Å². The normalized spacial score (nSPS) is 17.2. The van der Waals surface area contributed by atoms with Gasteiger partial charge in [-0.1, -0.05) is 23.2 Å². The van der Waals surface area contributed by atoms with E-state index in [2.05, 4.69) is 4.98 Å². The highest BCUT2D eigenvalue weighted by Gasteiger charge is 2.22. The molecule has 0 N–H and O–H groups in total. The van der Waals surface area contributed by atoms with Crippen molar-refractivity contribution in [1.82, 2.24) is 9.88 Å². The maximum Gasteiger partial charge on any atom is 0.219 e. The van der Waals surface area contributed by atoms with Crippen LogP contribution in [0.15, 0.2) is 12.1 Å². The number of aromatic nitrogens is 1. The first-order valence-corrected chi connectivity index (χ1v) is 6.40. The SMILES string of the molecule is CC(=O)N1CCC(c2cc(Cl)nc(Cl)c2)CC1. The quantitative estimate of drug-likeness (QED) is 0.736. The Morgan fingerprint density at radius 3 is 2.29 bits per heavy atom. The van der Waals surface area contributed by atoms with Crippen LogP contribution in [0.25, 0.3) is 0 Å². The molecule has 0 bridgehead atoms. The summed E-state index contributed by atoms with van der Waals surface area (Å²) in [5, 5.41) is 0.864. The second kappa shape index (κ2) is 5.23. The average Bonchev–Trinajstić information content (AvgIpc) is 2.28. The summed E-state index contributed by atoms with van der Waals surface area (Å²) in [7, 11) is 0. The summed E-state index contributed by atoms with van der Waals surface area (Å²) >= 11 is 11.8. The Kier molecular flexibility index (Phi) is 3.89. The highest BCUT2D eigenvalue weighted by Crippen LogP contribution is 2.30. The summed E-state index contributed by atoms with van der Waals surface area (Å²) in [5.41, 5.74) is 1.12. The Morgan fingerprint density at radius 2 is 1.82 bits per heavy atom. The van der Waals surface area contributed by atoms with E-state index in [1.54, 1.807) is 6.92 Å². The first kappa shape index (κ1) is 12.7. The molecule has 1 aliphatic rings. The molecule has 2 heterocycles. The third kappa shape index (κ3) is 3.11. The average molecular weight is 273 g/mol. The van der Waals surface area contributed by atoms with Gasteiger partial charge in [-0.05, 0) is 36.5 Å². The molecule has 1 aromatic rings. The molecule has 1 fully saturated rings. The van der Waals surface area contributed by atoms with Gasteiger partial charge in [0.15, 0.2) is 0 Å². The van der Waals surface area contributed by atoms with E-state index in [9.17, 15) is 4.79 Å². The fourth-order valence-corrected chi connectivity index (χ4v) is 2.72. The molecule has 0 radical (unpaired) electrons. The topological polar surface area (TPSA) is 33.2 Å². The number of likely N-dealkylation sites (tertiary alicyclic amines) is 1. The van der Waals surface area contributed by atoms with E-state index in [-0.39, 0.29) is 5.91 Å². The van der Waals surface area contributed by atoms with Gasteiger partial charge in [-0.2, -0.15) is 0 Å². The number of rotatable bonds is 1. The van der Waals surface area contributed by atoms with Crippen LogP contribution in [0.3, 0.4) is 0 Å². The van der Waals surface area contributed by atoms with Gasteiger partial charge in [0.05, 0.1) is 0 Å². The van der Waals surface area contributed by atoms with E-state index in [0.717, 1.165) is 31.5 Å². The van der Waals surface area contributed by atoms with Gasteiger partial charge in [0.2, 0.25) is 5.91 Å². The molecule has 1 aliphatic heterocycles.